The van der Waals surface area contributed by atoms with Gasteiger partial charge in [0.1, 0.15) is 0 Å². The molecule has 1 aliphatic heterocycles. The van der Waals surface area contributed by atoms with Crippen molar-refractivity contribution in [1.82, 2.24) is 9.62 Å². The molecule has 1 amide bonds. The Labute approximate surface area is 138 Å². The van der Waals surface area contributed by atoms with Crippen LogP contribution in [0.2, 0.25) is 0 Å². The molecule has 6 nitrogen and oxygen atoms in total. The molecule has 0 saturated heterocycles. The Morgan fingerprint density at radius 2 is 1.95 bits per heavy atom. The number of rotatable bonds is 4. The van der Waals surface area contributed by atoms with Gasteiger partial charge in [0.05, 0.1) is 6.20 Å². The molecule has 1 N–H and O–H groups in total. The Hall–Kier alpha value is -1.67. The van der Waals surface area contributed by atoms with E-state index in [1.807, 2.05) is 44.4 Å². The first-order valence-corrected chi connectivity index (χ1v) is 8.63. The number of carbonyl (C=O) groups is 1. The number of amides is 1. The van der Waals surface area contributed by atoms with E-state index < -0.39 is 11.8 Å². The largest absolute Gasteiger partial charge is 0.450 e. The molecule has 0 atom stereocenters. The summed E-state index contributed by atoms with van der Waals surface area (Å²) in [7, 11) is 1.65. The summed E-state index contributed by atoms with van der Waals surface area (Å²) in [5, 5.41) is 6.93. The van der Waals surface area contributed by atoms with E-state index in [1.165, 1.54) is 21.1 Å². The van der Waals surface area contributed by atoms with Gasteiger partial charge >= 0.3 is 6.09 Å². The first kappa shape index (κ1) is 16.7. The monoisotopic (exact) mass is 339 g/mol. The SMILES string of the molecule is CSc1ccc(SN(C)C(=O)ON=[N+]2C=CNC2(C)C)cc1. The Kier molecular flexibility index (Phi) is 5.36. The summed E-state index contributed by atoms with van der Waals surface area (Å²) in [5.41, 5.74) is -0.403. The highest BCUT2D eigenvalue weighted by molar-refractivity contribution is 7.98. The van der Waals surface area contributed by atoms with E-state index in [4.69, 9.17) is 4.84 Å². The lowest BCUT2D eigenvalue weighted by atomic mass is 10.3. The van der Waals surface area contributed by atoms with Crippen LogP contribution in [0, 0.1) is 0 Å². The summed E-state index contributed by atoms with van der Waals surface area (Å²) >= 11 is 2.97. The maximum absolute atomic E-state index is 12.0. The molecule has 0 saturated carbocycles. The normalized spacial score (nSPS) is 17.4. The zero-order valence-corrected chi connectivity index (χ0v) is 14.6. The number of nitrogens with one attached hydrogen (secondary N) is 1. The van der Waals surface area contributed by atoms with E-state index in [0.29, 0.717) is 0 Å². The van der Waals surface area contributed by atoms with Crippen molar-refractivity contribution in [3.05, 3.63) is 36.7 Å². The fourth-order valence-corrected chi connectivity index (χ4v) is 2.75. The van der Waals surface area contributed by atoms with E-state index in [0.717, 1.165) is 4.90 Å². The third kappa shape index (κ3) is 4.17. The quantitative estimate of drug-likeness (QED) is 0.392. The van der Waals surface area contributed by atoms with E-state index in [-0.39, 0.29) is 0 Å². The van der Waals surface area contributed by atoms with Crippen LogP contribution in [0.5, 0.6) is 0 Å². The van der Waals surface area contributed by atoms with E-state index in [2.05, 4.69) is 10.6 Å². The predicted octanol–water partition coefficient (Wildman–Crippen LogP) is 3.67. The second-order valence-corrected chi connectivity index (χ2v) is 7.15. The Bertz CT molecular complexity index is 599. The van der Waals surface area contributed by atoms with Crippen molar-refractivity contribution in [1.29, 1.82) is 0 Å². The molecular weight excluding hydrogens is 320 g/mol. The topological polar surface area (TPSA) is 56.9 Å². The maximum atomic E-state index is 12.0. The van der Waals surface area contributed by atoms with Gasteiger partial charge in [0.15, 0.2) is 0 Å². The third-order valence-corrected chi connectivity index (χ3v) is 4.64. The average molecular weight is 339 g/mol. The fourth-order valence-electron chi connectivity index (χ4n) is 1.66. The summed E-state index contributed by atoms with van der Waals surface area (Å²) in [6.45, 7) is 3.85. The minimum absolute atomic E-state index is 0.403. The second-order valence-electron chi connectivity index (χ2n) is 5.07. The lowest BCUT2D eigenvalue weighted by molar-refractivity contribution is -0.617. The van der Waals surface area contributed by atoms with Crippen molar-refractivity contribution in [2.45, 2.75) is 29.3 Å². The Morgan fingerprint density at radius 3 is 2.50 bits per heavy atom. The number of hydrogen-bond acceptors (Lipinski definition) is 6. The van der Waals surface area contributed by atoms with Gasteiger partial charge < -0.3 is 5.32 Å². The minimum atomic E-state index is -0.532. The van der Waals surface area contributed by atoms with Crippen LogP contribution in [0.3, 0.4) is 0 Å². The summed E-state index contributed by atoms with van der Waals surface area (Å²) in [5.74, 6) is 0. The molecule has 0 fully saturated rings. The fraction of sp³-hybridized carbons (Fsp3) is 0.357. The van der Waals surface area contributed by atoms with E-state index in [9.17, 15) is 4.79 Å². The standard InChI is InChI=1S/C14H19N4O2S2/c1-14(2)15-9-10-18(14)16-20-13(19)17(3)22-12-7-5-11(21-4)6-8-12/h5-10,15H,1-4H3/q+1. The lowest BCUT2D eigenvalue weighted by Gasteiger charge is -2.13. The molecule has 2 rings (SSSR count). The molecule has 0 aromatic heterocycles. The van der Waals surface area contributed by atoms with E-state index >= 15 is 0 Å². The first-order valence-electron chi connectivity index (χ1n) is 6.64. The number of nitrogens with zero attached hydrogens (tertiary/aromatic N) is 3. The van der Waals surface area contributed by atoms with Crippen molar-refractivity contribution in [3.8, 4) is 0 Å². The summed E-state index contributed by atoms with van der Waals surface area (Å²) < 4.78 is 2.95. The van der Waals surface area contributed by atoms with Crippen molar-refractivity contribution in [3.63, 3.8) is 0 Å². The number of thioether (sulfide) groups is 1. The highest BCUT2D eigenvalue weighted by Gasteiger charge is 2.35. The third-order valence-electron chi connectivity index (χ3n) is 2.99. The van der Waals surface area contributed by atoms with Crippen LogP contribution in [-0.4, -0.2) is 34.1 Å². The molecule has 1 aromatic carbocycles. The van der Waals surface area contributed by atoms with E-state index in [1.54, 1.807) is 35.9 Å². The molecule has 0 radical (unpaired) electrons. The Morgan fingerprint density at radius 1 is 1.32 bits per heavy atom. The average Bonchev–Trinajstić information content (AvgIpc) is 2.84. The van der Waals surface area contributed by atoms with Crippen LogP contribution < -0.4 is 5.32 Å². The van der Waals surface area contributed by atoms with Crippen molar-refractivity contribution in [2.75, 3.05) is 13.3 Å². The zero-order valence-electron chi connectivity index (χ0n) is 12.9. The van der Waals surface area contributed by atoms with Gasteiger partial charge in [0.2, 0.25) is 11.5 Å². The van der Waals surface area contributed by atoms with Gasteiger partial charge in [-0.1, -0.05) is 0 Å². The van der Waals surface area contributed by atoms with Crippen LogP contribution >= 0.6 is 23.7 Å². The summed E-state index contributed by atoms with van der Waals surface area (Å²) in [6, 6.07) is 7.96. The van der Waals surface area contributed by atoms with Gasteiger partial charge in [0, 0.05) is 30.7 Å². The van der Waals surface area contributed by atoms with Crippen LogP contribution in [0.1, 0.15) is 13.8 Å². The van der Waals surface area contributed by atoms with Gasteiger partial charge in [-0.15, -0.1) is 11.8 Å². The van der Waals surface area contributed by atoms with Crippen LogP contribution in [-0.2, 0) is 4.84 Å². The first-order chi connectivity index (χ1) is 10.4. The molecule has 1 aromatic rings. The molecular formula is C14H19N4O2S2+. The second kappa shape index (κ2) is 7.06. The molecule has 1 heterocycles. The molecule has 22 heavy (non-hydrogen) atoms. The molecule has 0 spiro atoms. The summed E-state index contributed by atoms with van der Waals surface area (Å²) in [6.07, 6.45) is 4.95. The van der Waals surface area contributed by atoms with Crippen LogP contribution in [0.4, 0.5) is 4.79 Å². The number of benzene rings is 1. The molecule has 1 aliphatic rings. The van der Waals surface area contributed by atoms with Gasteiger partial charge in [-0.2, -0.15) is 0 Å². The zero-order chi connectivity index (χ0) is 16.2. The molecule has 0 bridgehead atoms. The lowest BCUT2D eigenvalue weighted by Crippen LogP contribution is -2.39. The van der Waals surface area contributed by atoms with Gasteiger partial charge in [0.25, 0.3) is 5.66 Å². The number of carbonyl (C=O) groups excluding carboxylic acids is 1. The number of hydrogen-bond donors (Lipinski definition) is 1. The summed E-state index contributed by atoms with van der Waals surface area (Å²) in [4.78, 5) is 19.1. The van der Waals surface area contributed by atoms with Crippen molar-refractivity contribution in [2.24, 2.45) is 5.28 Å². The minimum Gasteiger partial charge on any atom is -0.325 e. The van der Waals surface area contributed by atoms with Gasteiger partial charge in [-0.25, -0.2) is 13.9 Å². The Balaban J connectivity index is 1.92. The molecule has 8 heteroatoms. The van der Waals surface area contributed by atoms with Crippen molar-refractivity contribution >= 4 is 29.8 Å². The highest BCUT2D eigenvalue weighted by atomic mass is 32.2. The molecule has 0 aliphatic carbocycles. The van der Waals surface area contributed by atoms with Gasteiger partial charge in [-0.3, -0.25) is 0 Å². The predicted molar refractivity (Wildman–Crippen MR) is 87.4 cm³/mol. The highest BCUT2D eigenvalue weighted by Crippen LogP contribution is 2.24. The van der Waals surface area contributed by atoms with Gasteiger partial charge in [-0.05, 0) is 47.2 Å². The van der Waals surface area contributed by atoms with Crippen molar-refractivity contribution < 1.29 is 14.3 Å². The molecule has 118 valence electrons. The van der Waals surface area contributed by atoms with Crippen LogP contribution in [0.25, 0.3) is 0 Å². The molecule has 0 unspecified atom stereocenters. The maximum Gasteiger partial charge on any atom is 0.450 e. The van der Waals surface area contributed by atoms with Crippen LogP contribution in [0.15, 0.2) is 51.7 Å². The smallest absolute Gasteiger partial charge is 0.325 e.